The van der Waals surface area contributed by atoms with E-state index < -0.39 is 23.5 Å². The predicted octanol–water partition coefficient (Wildman–Crippen LogP) is 1.88. The molecule has 0 fully saturated rings. The minimum atomic E-state index is -1.33. The smallest absolute Gasteiger partial charge is 0.185 e. The van der Waals surface area contributed by atoms with Crippen LogP contribution in [-0.4, -0.2) is 31.2 Å². The van der Waals surface area contributed by atoms with Gasteiger partial charge in [0.05, 0.1) is 0 Å². The van der Waals surface area contributed by atoms with E-state index in [2.05, 4.69) is 0 Å². The van der Waals surface area contributed by atoms with E-state index in [0.717, 1.165) is 12.1 Å². The van der Waals surface area contributed by atoms with Crippen molar-refractivity contribution in [2.75, 3.05) is 14.2 Å². The summed E-state index contributed by atoms with van der Waals surface area (Å²) in [6.45, 7) is 1.51. The third-order valence-electron chi connectivity index (χ3n) is 2.48. The molecule has 1 N–H and O–H groups in total. The molecule has 3 nitrogen and oxygen atoms in total. The first-order valence-corrected chi connectivity index (χ1v) is 5.12. The van der Waals surface area contributed by atoms with Crippen LogP contribution in [0.1, 0.15) is 12.5 Å². The van der Waals surface area contributed by atoms with Crippen molar-refractivity contribution in [2.45, 2.75) is 25.2 Å². The van der Waals surface area contributed by atoms with Crippen LogP contribution >= 0.6 is 0 Å². The largest absolute Gasteiger partial charge is 0.385 e. The van der Waals surface area contributed by atoms with Gasteiger partial charge in [0.2, 0.25) is 0 Å². The number of halogens is 2. The lowest BCUT2D eigenvalue weighted by Gasteiger charge is -2.30. The molecule has 0 saturated heterocycles. The average molecular weight is 246 g/mol. The lowest BCUT2D eigenvalue weighted by atomic mass is 9.95. The second kappa shape index (κ2) is 5.53. The molecule has 0 aliphatic heterocycles. The number of hydrogen-bond donors (Lipinski definition) is 1. The second-order valence-corrected chi connectivity index (χ2v) is 4.09. The van der Waals surface area contributed by atoms with E-state index in [1.807, 2.05) is 0 Å². The maximum absolute atomic E-state index is 13.0. The maximum atomic E-state index is 13.0. The molecular weight excluding hydrogens is 230 g/mol. The highest BCUT2D eigenvalue weighted by Crippen LogP contribution is 2.21. The molecule has 1 unspecified atom stereocenters. The summed E-state index contributed by atoms with van der Waals surface area (Å²) in [4.78, 5) is 0. The predicted molar refractivity (Wildman–Crippen MR) is 58.5 cm³/mol. The first-order valence-electron chi connectivity index (χ1n) is 5.12. The summed E-state index contributed by atoms with van der Waals surface area (Å²) < 4.78 is 35.6. The highest BCUT2D eigenvalue weighted by molar-refractivity contribution is 5.19. The monoisotopic (exact) mass is 246 g/mol. The number of benzene rings is 1. The van der Waals surface area contributed by atoms with Crippen LogP contribution in [0.25, 0.3) is 0 Å². The van der Waals surface area contributed by atoms with E-state index in [1.165, 1.54) is 27.2 Å². The minimum Gasteiger partial charge on any atom is -0.385 e. The third kappa shape index (κ3) is 3.46. The molecule has 0 heterocycles. The summed E-state index contributed by atoms with van der Waals surface area (Å²) in [5, 5.41) is 10.1. The molecule has 0 aromatic heterocycles. The molecule has 0 aliphatic rings. The second-order valence-electron chi connectivity index (χ2n) is 4.09. The zero-order chi connectivity index (χ0) is 13.1. The van der Waals surface area contributed by atoms with Crippen molar-refractivity contribution in [1.29, 1.82) is 0 Å². The van der Waals surface area contributed by atoms with Gasteiger partial charge < -0.3 is 14.6 Å². The van der Waals surface area contributed by atoms with Gasteiger partial charge in [0, 0.05) is 20.6 Å². The summed E-state index contributed by atoms with van der Waals surface area (Å²) >= 11 is 0. The molecule has 0 radical (unpaired) electrons. The summed E-state index contributed by atoms with van der Waals surface area (Å²) in [7, 11) is 2.79. The highest BCUT2D eigenvalue weighted by Gasteiger charge is 2.32. The first-order chi connectivity index (χ1) is 7.90. The average Bonchev–Trinajstić information content (AvgIpc) is 2.24. The van der Waals surface area contributed by atoms with Gasteiger partial charge in [0.15, 0.2) is 17.9 Å². The third-order valence-corrected chi connectivity index (χ3v) is 2.48. The zero-order valence-corrected chi connectivity index (χ0v) is 10.0. The van der Waals surface area contributed by atoms with Gasteiger partial charge in [-0.3, -0.25) is 0 Å². The standard InChI is InChI=1S/C12H16F2O3/c1-12(15,11(16-2)17-3)7-8-4-5-9(13)10(14)6-8/h4-6,11,15H,7H2,1-3H3. The van der Waals surface area contributed by atoms with Crippen LogP contribution in [-0.2, 0) is 15.9 Å². The van der Waals surface area contributed by atoms with Crippen molar-refractivity contribution in [3.05, 3.63) is 35.4 Å². The van der Waals surface area contributed by atoms with Crippen molar-refractivity contribution < 1.29 is 23.4 Å². The normalized spacial score (nSPS) is 15.0. The SMILES string of the molecule is COC(OC)C(C)(O)Cc1ccc(F)c(F)c1. The van der Waals surface area contributed by atoms with Crippen LogP contribution in [0.15, 0.2) is 18.2 Å². The molecule has 17 heavy (non-hydrogen) atoms. The molecule has 0 amide bonds. The van der Waals surface area contributed by atoms with E-state index in [9.17, 15) is 13.9 Å². The summed E-state index contributed by atoms with van der Waals surface area (Å²) in [6, 6.07) is 3.48. The van der Waals surface area contributed by atoms with Crippen LogP contribution in [0.3, 0.4) is 0 Å². The molecule has 5 heteroatoms. The molecule has 1 rings (SSSR count). The Bertz CT molecular complexity index is 376. The molecule has 1 aromatic rings. The number of aliphatic hydroxyl groups is 1. The van der Waals surface area contributed by atoms with Gasteiger partial charge in [0.25, 0.3) is 0 Å². The van der Waals surface area contributed by atoms with Crippen molar-refractivity contribution >= 4 is 0 Å². The van der Waals surface area contributed by atoms with Gasteiger partial charge in [-0.2, -0.15) is 0 Å². The molecule has 96 valence electrons. The number of methoxy groups -OCH3 is 2. The Hall–Kier alpha value is -1.04. The van der Waals surface area contributed by atoms with Gasteiger partial charge in [-0.05, 0) is 24.6 Å². The van der Waals surface area contributed by atoms with Gasteiger partial charge in [-0.25, -0.2) is 8.78 Å². The van der Waals surface area contributed by atoms with Gasteiger partial charge >= 0.3 is 0 Å². The first kappa shape index (κ1) is 14.0. The molecular formula is C12H16F2O3. The van der Waals surface area contributed by atoms with Crippen molar-refractivity contribution in [3.63, 3.8) is 0 Å². The van der Waals surface area contributed by atoms with Gasteiger partial charge in [-0.1, -0.05) is 6.07 Å². The van der Waals surface area contributed by atoms with E-state index >= 15 is 0 Å². The van der Waals surface area contributed by atoms with Crippen molar-refractivity contribution in [1.82, 2.24) is 0 Å². The van der Waals surface area contributed by atoms with E-state index in [0.29, 0.717) is 5.56 Å². The van der Waals surface area contributed by atoms with E-state index in [1.54, 1.807) is 0 Å². The number of ether oxygens (including phenoxy) is 2. The Morgan fingerprint density at radius 2 is 1.82 bits per heavy atom. The Morgan fingerprint density at radius 3 is 2.29 bits per heavy atom. The Labute approximate surface area is 99.0 Å². The van der Waals surface area contributed by atoms with Crippen molar-refractivity contribution in [2.24, 2.45) is 0 Å². The zero-order valence-electron chi connectivity index (χ0n) is 10.0. The van der Waals surface area contributed by atoms with Gasteiger partial charge in [0.1, 0.15) is 5.60 Å². The molecule has 0 saturated carbocycles. The Kier molecular flexibility index (Phi) is 4.56. The van der Waals surface area contributed by atoms with Crippen molar-refractivity contribution in [3.8, 4) is 0 Å². The van der Waals surface area contributed by atoms with Crippen LogP contribution in [0.2, 0.25) is 0 Å². The van der Waals surface area contributed by atoms with Crippen LogP contribution in [0, 0.1) is 11.6 Å². The summed E-state index contributed by atoms with van der Waals surface area (Å²) in [5.41, 5.74) is -0.860. The van der Waals surface area contributed by atoms with Crippen LogP contribution in [0.5, 0.6) is 0 Å². The molecule has 1 atom stereocenters. The van der Waals surface area contributed by atoms with Crippen LogP contribution < -0.4 is 0 Å². The van der Waals surface area contributed by atoms with Crippen LogP contribution in [0.4, 0.5) is 8.78 Å². The fourth-order valence-corrected chi connectivity index (χ4v) is 1.75. The molecule has 1 aromatic carbocycles. The topological polar surface area (TPSA) is 38.7 Å². The Morgan fingerprint density at radius 1 is 1.24 bits per heavy atom. The Balaban J connectivity index is 2.85. The number of rotatable bonds is 5. The maximum Gasteiger partial charge on any atom is 0.185 e. The summed E-state index contributed by atoms with van der Waals surface area (Å²) in [5.74, 6) is -1.85. The quantitative estimate of drug-likeness (QED) is 0.806. The van der Waals surface area contributed by atoms with E-state index in [-0.39, 0.29) is 6.42 Å². The number of hydrogen-bond acceptors (Lipinski definition) is 3. The van der Waals surface area contributed by atoms with E-state index in [4.69, 9.17) is 9.47 Å². The fourth-order valence-electron chi connectivity index (χ4n) is 1.75. The fraction of sp³-hybridized carbons (Fsp3) is 0.500. The van der Waals surface area contributed by atoms with Gasteiger partial charge in [-0.15, -0.1) is 0 Å². The summed E-state index contributed by atoms with van der Waals surface area (Å²) in [6.07, 6.45) is -0.744. The minimum absolute atomic E-state index is 0.0938. The molecule has 0 spiro atoms. The molecule has 0 bridgehead atoms. The lowest BCUT2D eigenvalue weighted by molar-refractivity contribution is -0.207. The lowest BCUT2D eigenvalue weighted by Crippen LogP contribution is -2.43. The highest BCUT2D eigenvalue weighted by atomic mass is 19.2. The molecule has 0 aliphatic carbocycles.